The first-order valence-corrected chi connectivity index (χ1v) is 5.82. The maximum Gasteiger partial charge on any atom is 0.261 e. The minimum Gasteiger partial charge on any atom is -0.310 e. The molecule has 0 radical (unpaired) electrons. The third-order valence-corrected chi connectivity index (χ3v) is 2.80. The van der Waals surface area contributed by atoms with Crippen LogP contribution in [-0.2, 0) is 5.67 Å². The van der Waals surface area contributed by atoms with E-state index in [1.165, 1.54) is 24.9 Å². The molecule has 2 aromatic rings. The first-order valence-electron chi connectivity index (χ1n) is 5.82. The van der Waals surface area contributed by atoms with Gasteiger partial charge in [-0.25, -0.2) is 4.39 Å². The molecule has 0 fully saturated rings. The Hall–Kier alpha value is -2.24. The molecule has 6 heteroatoms. The fraction of sp³-hybridized carbons (Fsp3) is 0.308. The Bertz CT molecular complexity index is 574. The van der Waals surface area contributed by atoms with E-state index in [0.29, 0.717) is 5.69 Å². The van der Waals surface area contributed by atoms with Gasteiger partial charge in [0.1, 0.15) is 5.67 Å². The van der Waals surface area contributed by atoms with Crippen LogP contribution in [0.1, 0.15) is 29.9 Å². The summed E-state index contributed by atoms with van der Waals surface area (Å²) in [5.74, 6) is -0.331. The van der Waals surface area contributed by atoms with E-state index in [1.807, 2.05) is 0 Å². The van der Waals surface area contributed by atoms with Gasteiger partial charge in [0, 0.05) is 13.2 Å². The summed E-state index contributed by atoms with van der Waals surface area (Å²) in [5.41, 5.74) is -0.625. The van der Waals surface area contributed by atoms with Crippen LogP contribution in [0.2, 0.25) is 0 Å². The maximum atomic E-state index is 14.0. The molecule has 0 saturated carbocycles. The fourth-order valence-corrected chi connectivity index (χ4v) is 1.75. The van der Waals surface area contributed by atoms with Crippen LogP contribution in [0.5, 0.6) is 0 Å². The van der Waals surface area contributed by atoms with Gasteiger partial charge in [-0.3, -0.25) is 14.9 Å². The Kier molecular flexibility index (Phi) is 3.33. The Labute approximate surface area is 110 Å². The average molecular weight is 262 g/mol. The van der Waals surface area contributed by atoms with E-state index < -0.39 is 5.67 Å². The SMILES string of the molecule is CN(C(=O)c1cn[nH]c1C(C)(C)F)c1cccnc1. The van der Waals surface area contributed by atoms with Crippen molar-refractivity contribution in [3.63, 3.8) is 0 Å². The molecule has 0 unspecified atom stereocenters. The average Bonchev–Trinajstić information content (AvgIpc) is 2.87. The number of H-pyrrole nitrogens is 1. The number of amides is 1. The van der Waals surface area contributed by atoms with Crippen LogP contribution in [0.4, 0.5) is 10.1 Å². The summed E-state index contributed by atoms with van der Waals surface area (Å²) in [6.45, 7) is 2.75. The van der Waals surface area contributed by atoms with Crippen LogP contribution in [0.15, 0.2) is 30.7 Å². The topological polar surface area (TPSA) is 61.9 Å². The third kappa shape index (κ3) is 2.62. The quantitative estimate of drug-likeness (QED) is 0.923. The third-order valence-electron chi connectivity index (χ3n) is 2.80. The number of nitrogens with zero attached hydrogens (tertiary/aromatic N) is 3. The molecule has 0 aliphatic carbocycles. The van der Waals surface area contributed by atoms with Crippen molar-refractivity contribution in [2.45, 2.75) is 19.5 Å². The lowest BCUT2D eigenvalue weighted by Crippen LogP contribution is -2.28. The van der Waals surface area contributed by atoms with Gasteiger partial charge in [0.05, 0.1) is 29.3 Å². The number of halogens is 1. The number of nitrogens with one attached hydrogen (secondary N) is 1. The largest absolute Gasteiger partial charge is 0.310 e. The Balaban J connectivity index is 2.33. The summed E-state index contributed by atoms with van der Waals surface area (Å²) in [6, 6.07) is 3.49. The van der Waals surface area contributed by atoms with Crippen molar-refractivity contribution in [2.75, 3.05) is 11.9 Å². The van der Waals surface area contributed by atoms with Crippen molar-refractivity contribution < 1.29 is 9.18 Å². The second-order valence-electron chi connectivity index (χ2n) is 4.71. The van der Waals surface area contributed by atoms with Crippen LogP contribution >= 0.6 is 0 Å². The number of aromatic nitrogens is 3. The van der Waals surface area contributed by atoms with Gasteiger partial charge in [0.15, 0.2) is 0 Å². The first kappa shape index (κ1) is 13.2. The van der Waals surface area contributed by atoms with Gasteiger partial charge in [-0.05, 0) is 26.0 Å². The Morgan fingerprint density at radius 3 is 2.74 bits per heavy atom. The van der Waals surface area contributed by atoms with Gasteiger partial charge in [0.2, 0.25) is 0 Å². The Morgan fingerprint density at radius 2 is 2.16 bits per heavy atom. The van der Waals surface area contributed by atoms with Crippen molar-refractivity contribution >= 4 is 11.6 Å². The van der Waals surface area contributed by atoms with Gasteiger partial charge in [0.25, 0.3) is 5.91 Å². The van der Waals surface area contributed by atoms with E-state index in [2.05, 4.69) is 15.2 Å². The molecule has 2 rings (SSSR count). The molecule has 0 aliphatic rings. The van der Waals surface area contributed by atoms with Gasteiger partial charge >= 0.3 is 0 Å². The number of pyridine rings is 1. The van der Waals surface area contributed by atoms with Crippen LogP contribution in [0.25, 0.3) is 0 Å². The van der Waals surface area contributed by atoms with Gasteiger partial charge in [-0.2, -0.15) is 5.10 Å². The molecular weight excluding hydrogens is 247 g/mol. The number of hydrogen-bond donors (Lipinski definition) is 1. The molecule has 0 aromatic carbocycles. The summed E-state index contributed by atoms with van der Waals surface area (Å²) in [6.07, 6.45) is 4.53. The fourth-order valence-electron chi connectivity index (χ4n) is 1.75. The lowest BCUT2D eigenvalue weighted by atomic mass is 10.0. The van der Waals surface area contributed by atoms with Crippen molar-refractivity contribution in [2.24, 2.45) is 0 Å². The lowest BCUT2D eigenvalue weighted by Gasteiger charge is -2.19. The predicted octanol–water partition coefficient (Wildman–Crippen LogP) is 2.29. The van der Waals surface area contributed by atoms with Crippen molar-refractivity contribution in [1.82, 2.24) is 15.2 Å². The van der Waals surface area contributed by atoms with Gasteiger partial charge < -0.3 is 4.90 Å². The highest BCUT2D eigenvalue weighted by Gasteiger charge is 2.29. The van der Waals surface area contributed by atoms with E-state index in [-0.39, 0.29) is 17.2 Å². The normalized spacial score (nSPS) is 11.4. The summed E-state index contributed by atoms with van der Waals surface area (Å²) >= 11 is 0. The summed E-state index contributed by atoms with van der Waals surface area (Å²) in [7, 11) is 1.61. The second kappa shape index (κ2) is 4.79. The zero-order chi connectivity index (χ0) is 14.0. The lowest BCUT2D eigenvalue weighted by molar-refractivity contribution is 0.0985. The molecule has 0 atom stereocenters. The van der Waals surface area contributed by atoms with Gasteiger partial charge in [-0.1, -0.05) is 0 Å². The summed E-state index contributed by atoms with van der Waals surface area (Å²) in [5, 5.41) is 6.30. The maximum absolute atomic E-state index is 14.0. The molecule has 1 N–H and O–H groups in total. The second-order valence-corrected chi connectivity index (χ2v) is 4.71. The molecule has 2 aromatic heterocycles. The highest BCUT2D eigenvalue weighted by atomic mass is 19.1. The molecule has 2 heterocycles. The van der Waals surface area contributed by atoms with E-state index >= 15 is 0 Å². The monoisotopic (exact) mass is 262 g/mol. The zero-order valence-corrected chi connectivity index (χ0v) is 11.0. The summed E-state index contributed by atoms with van der Waals surface area (Å²) < 4.78 is 14.0. The van der Waals surface area contributed by atoms with E-state index in [4.69, 9.17) is 0 Å². The van der Waals surface area contributed by atoms with Crippen LogP contribution in [0, 0.1) is 0 Å². The molecule has 5 nitrogen and oxygen atoms in total. The summed E-state index contributed by atoms with van der Waals surface area (Å²) in [4.78, 5) is 17.7. The minimum absolute atomic E-state index is 0.174. The predicted molar refractivity (Wildman–Crippen MR) is 69.7 cm³/mol. The molecule has 0 spiro atoms. The molecule has 0 aliphatic heterocycles. The van der Waals surface area contributed by atoms with E-state index in [1.54, 1.807) is 31.6 Å². The Morgan fingerprint density at radius 1 is 1.42 bits per heavy atom. The van der Waals surface area contributed by atoms with Crippen molar-refractivity contribution in [1.29, 1.82) is 0 Å². The van der Waals surface area contributed by atoms with Crippen molar-refractivity contribution in [3.8, 4) is 0 Å². The van der Waals surface area contributed by atoms with Crippen molar-refractivity contribution in [3.05, 3.63) is 42.0 Å². The standard InChI is InChI=1S/C13H15FN4O/c1-13(2,14)11-10(8-16-17-11)12(19)18(3)9-5-4-6-15-7-9/h4-8H,1-3H3,(H,16,17). The first-order chi connectivity index (χ1) is 8.91. The molecular formula is C13H15FN4O. The number of hydrogen-bond acceptors (Lipinski definition) is 3. The van der Waals surface area contributed by atoms with E-state index in [9.17, 15) is 9.18 Å². The molecule has 1 amide bonds. The van der Waals surface area contributed by atoms with Gasteiger partial charge in [-0.15, -0.1) is 0 Å². The highest BCUT2D eigenvalue weighted by Crippen LogP contribution is 2.27. The smallest absolute Gasteiger partial charge is 0.261 e. The molecule has 19 heavy (non-hydrogen) atoms. The van der Waals surface area contributed by atoms with Crippen LogP contribution in [-0.4, -0.2) is 28.1 Å². The highest BCUT2D eigenvalue weighted by molar-refractivity contribution is 6.06. The molecule has 100 valence electrons. The molecule has 0 saturated heterocycles. The van der Waals surface area contributed by atoms with Crippen LogP contribution in [0.3, 0.4) is 0 Å². The number of aromatic amines is 1. The zero-order valence-electron chi connectivity index (χ0n) is 11.0. The number of carbonyl (C=O) groups excluding carboxylic acids is 1. The number of alkyl halides is 1. The number of anilines is 1. The molecule has 0 bridgehead atoms. The van der Waals surface area contributed by atoms with Crippen LogP contribution < -0.4 is 4.90 Å². The number of carbonyl (C=O) groups is 1. The van der Waals surface area contributed by atoms with E-state index in [0.717, 1.165) is 0 Å². The number of rotatable bonds is 3. The minimum atomic E-state index is -1.66.